The number of sulfonamides is 1. The second-order valence-corrected chi connectivity index (χ2v) is 11.2. The molecule has 0 saturated carbocycles. The monoisotopic (exact) mass is 489 g/mol. The molecule has 1 atom stereocenters. The molecule has 180 valence electrons. The van der Waals surface area contributed by atoms with Gasteiger partial charge in [0.15, 0.2) is 0 Å². The van der Waals surface area contributed by atoms with E-state index in [1.54, 1.807) is 61.0 Å². The molecule has 0 aromatic heterocycles. The zero-order valence-electron chi connectivity index (χ0n) is 19.9. The zero-order valence-corrected chi connectivity index (χ0v) is 20.7. The van der Waals surface area contributed by atoms with Crippen molar-refractivity contribution in [2.45, 2.75) is 36.6 Å². The Kier molecular flexibility index (Phi) is 5.53. The zero-order chi connectivity index (χ0) is 25.0. The quantitative estimate of drug-likeness (QED) is 0.594. The van der Waals surface area contributed by atoms with E-state index in [1.807, 2.05) is 30.3 Å². The average molecular weight is 490 g/mol. The van der Waals surface area contributed by atoms with Crippen LogP contribution in [0.3, 0.4) is 0 Å². The van der Waals surface area contributed by atoms with Crippen LogP contribution in [-0.2, 0) is 31.4 Å². The molecule has 0 bridgehead atoms. The minimum Gasteiger partial charge on any atom is -0.314 e. The molecule has 0 fully saturated rings. The standard InChI is InChI=1S/C27H27N3O4S/c1-27(2)21-17-20(13-14-23(21)29(3)26(27)32)35(33,34)28-24(19-10-5-4-6-11-19)25(31)30-16-15-18-9-7-8-12-22(18)30/h4-14,17,24,28H,15-16H2,1-3H3. The highest BCUT2D eigenvalue weighted by atomic mass is 32.2. The van der Waals surface area contributed by atoms with Gasteiger partial charge in [0.2, 0.25) is 21.8 Å². The number of hydrogen-bond donors (Lipinski definition) is 1. The van der Waals surface area contributed by atoms with Crippen molar-refractivity contribution in [3.8, 4) is 0 Å². The van der Waals surface area contributed by atoms with Gasteiger partial charge in [-0.2, -0.15) is 4.72 Å². The van der Waals surface area contributed by atoms with E-state index in [0.29, 0.717) is 23.4 Å². The summed E-state index contributed by atoms with van der Waals surface area (Å²) in [5, 5.41) is 0. The van der Waals surface area contributed by atoms with Crippen LogP contribution in [0.5, 0.6) is 0 Å². The van der Waals surface area contributed by atoms with E-state index in [0.717, 1.165) is 17.7 Å². The van der Waals surface area contributed by atoms with Crippen LogP contribution < -0.4 is 14.5 Å². The molecule has 2 heterocycles. The Morgan fingerprint density at radius 2 is 1.66 bits per heavy atom. The summed E-state index contributed by atoms with van der Waals surface area (Å²) in [5.74, 6) is -0.429. The molecule has 0 aliphatic carbocycles. The summed E-state index contributed by atoms with van der Waals surface area (Å²) in [6.07, 6.45) is 0.720. The number of anilines is 2. The van der Waals surface area contributed by atoms with Crippen LogP contribution in [-0.4, -0.2) is 33.8 Å². The Hall–Kier alpha value is -3.49. The van der Waals surface area contributed by atoms with Gasteiger partial charge in [0.05, 0.1) is 10.3 Å². The molecule has 5 rings (SSSR count). The summed E-state index contributed by atoms with van der Waals surface area (Å²) < 4.78 is 29.8. The van der Waals surface area contributed by atoms with Gasteiger partial charge in [-0.25, -0.2) is 8.42 Å². The number of carbonyl (C=O) groups excluding carboxylic acids is 2. The number of nitrogens with one attached hydrogen (secondary N) is 1. The highest BCUT2D eigenvalue weighted by molar-refractivity contribution is 7.89. The molecule has 3 aromatic carbocycles. The van der Waals surface area contributed by atoms with Gasteiger partial charge >= 0.3 is 0 Å². The third-order valence-electron chi connectivity index (χ3n) is 6.96. The van der Waals surface area contributed by atoms with Crippen molar-refractivity contribution in [1.29, 1.82) is 0 Å². The molecule has 1 unspecified atom stereocenters. The van der Waals surface area contributed by atoms with Crippen LogP contribution in [0.15, 0.2) is 77.7 Å². The first-order valence-corrected chi connectivity index (χ1v) is 13.0. The fourth-order valence-electron chi connectivity index (χ4n) is 4.97. The number of rotatable bonds is 5. The van der Waals surface area contributed by atoms with E-state index >= 15 is 0 Å². The van der Waals surface area contributed by atoms with Crippen LogP contribution in [0.25, 0.3) is 0 Å². The number of benzene rings is 3. The number of carbonyl (C=O) groups is 2. The summed E-state index contributed by atoms with van der Waals surface area (Å²) >= 11 is 0. The number of para-hydroxylation sites is 1. The second-order valence-electron chi connectivity index (χ2n) is 9.50. The molecule has 3 aromatic rings. The number of amides is 2. The topological polar surface area (TPSA) is 86.8 Å². The van der Waals surface area contributed by atoms with E-state index in [1.165, 1.54) is 12.1 Å². The van der Waals surface area contributed by atoms with E-state index < -0.39 is 21.5 Å². The third kappa shape index (κ3) is 3.83. The summed E-state index contributed by atoms with van der Waals surface area (Å²) in [7, 11) is -2.41. The van der Waals surface area contributed by atoms with Crippen molar-refractivity contribution in [2.24, 2.45) is 0 Å². The molecule has 0 spiro atoms. The Balaban J connectivity index is 1.52. The maximum atomic E-state index is 13.7. The molecule has 2 aliphatic rings. The molecule has 8 heteroatoms. The smallest absolute Gasteiger partial charge is 0.249 e. The molecule has 35 heavy (non-hydrogen) atoms. The Morgan fingerprint density at radius 3 is 2.40 bits per heavy atom. The summed E-state index contributed by atoms with van der Waals surface area (Å²) in [6.45, 7) is 4.05. The Labute approximate surface area is 205 Å². The molecule has 0 saturated heterocycles. The van der Waals surface area contributed by atoms with Crippen molar-refractivity contribution >= 4 is 33.2 Å². The van der Waals surface area contributed by atoms with Crippen molar-refractivity contribution in [1.82, 2.24) is 4.72 Å². The lowest BCUT2D eigenvalue weighted by atomic mass is 9.86. The van der Waals surface area contributed by atoms with Crippen molar-refractivity contribution in [2.75, 3.05) is 23.4 Å². The highest BCUT2D eigenvalue weighted by Crippen LogP contribution is 2.42. The lowest BCUT2D eigenvalue weighted by molar-refractivity contribution is -0.122. The predicted octanol–water partition coefficient (Wildman–Crippen LogP) is 3.55. The molecular formula is C27H27N3O4S. The first-order valence-electron chi connectivity index (χ1n) is 11.5. The average Bonchev–Trinajstić information content (AvgIpc) is 3.36. The molecule has 1 N–H and O–H groups in total. The maximum Gasteiger partial charge on any atom is 0.249 e. The first-order chi connectivity index (χ1) is 16.6. The lowest BCUT2D eigenvalue weighted by Gasteiger charge is -2.25. The first kappa shape index (κ1) is 23.3. The normalized spacial score (nSPS) is 17.3. The van der Waals surface area contributed by atoms with Gasteiger partial charge in [-0.05, 0) is 61.2 Å². The summed E-state index contributed by atoms with van der Waals surface area (Å²) in [4.78, 5) is 29.6. The lowest BCUT2D eigenvalue weighted by Crippen LogP contribution is -2.42. The van der Waals surface area contributed by atoms with Gasteiger partial charge < -0.3 is 9.80 Å². The minimum atomic E-state index is -4.09. The highest BCUT2D eigenvalue weighted by Gasteiger charge is 2.43. The molecular weight excluding hydrogens is 462 g/mol. The van der Waals surface area contributed by atoms with Gasteiger partial charge in [0.1, 0.15) is 6.04 Å². The van der Waals surface area contributed by atoms with Crippen LogP contribution in [0.1, 0.15) is 36.6 Å². The maximum absolute atomic E-state index is 13.7. The van der Waals surface area contributed by atoms with Crippen LogP contribution >= 0.6 is 0 Å². The minimum absolute atomic E-state index is 0.0166. The summed E-state index contributed by atoms with van der Waals surface area (Å²) in [6, 6.07) is 20.1. The largest absolute Gasteiger partial charge is 0.314 e. The number of likely N-dealkylation sites (N-methyl/N-ethyl adjacent to an activating group) is 1. The van der Waals surface area contributed by atoms with E-state index in [-0.39, 0.29) is 16.7 Å². The van der Waals surface area contributed by atoms with Gasteiger partial charge in [-0.1, -0.05) is 48.5 Å². The van der Waals surface area contributed by atoms with E-state index in [9.17, 15) is 18.0 Å². The fourth-order valence-corrected chi connectivity index (χ4v) is 6.18. The number of hydrogen-bond acceptors (Lipinski definition) is 4. The second kappa shape index (κ2) is 8.32. The third-order valence-corrected chi connectivity index (χ3v) is 8.38. The summed E-state index contributed by atoms with van der Waals surface area (Å²) in [5.41, 5.74) is 2.90. The van der Waals surface area contributed by atoms with E-state index in [4.69, 9.17) is 0 Å². The molecule has 2 aliphatic heterocycles. The van der Waals surface area contributed by atoms with Gasteiger partial charge in [0.25, 0.3) is 0 Å². The van der Waals surface area contributed by atoms with Crippen LogP contribution in [0, 0.1) is 0 Å². The predicted molar refractivity (Wildman–Crippen MR) is 135 cm³/mol. The van der Waals surface area contributed by atoms with Crippen molar-refractivity contribution in [3.05, 3.63) is 89.5 Å². The van der Waals surface area contributed by atoms with Gasteiger partial charge in [-0.15, -0.1) is 0 Å². The molecule has 0 radical (unpaired) electrons. The van der Waals surface area contributed by atoms with Gasteiger partial charge in [-0.3, -0.25) is 9.59 Å². The van der Waals surface area contributed by atoms with Crippen LogP contribution in [0.2, 0.25) is 0 Å². The van der Waals surface area contributed by atoms with Crippen molar-refractivity contribution in [3.63, 3.8) is 0 Å². The molecule has 2 amide bonds. The Bertz CT molecular complexity index is 1430. The number of fused-ring (bicyclic) bond motifs is 2. The SMILES string of the molecule is CN1C(=O)C(C)(C)c2cc(S(=O)(=O)NC(C(=O)N3CCc4ccccc43)c3ccccc3)ccc21. The van der Waals surface area contributed by atoms with Crippen LogP contribution in [0.4, 0.5) is 11.4 Å². The number of nitrogens with zero attached hydrogens (tertiary/aromatic N) is 2. The Morgan fingerprint density at radius 1 is 0.971 bits per heavy atom. The molecule has 7 nitrogen and oxygen atoms in total. The van der Waals surface area contributed by atoms with E-state index in [2.05, 4.69) is 4.72 Å². The fraction of sp³-hybridized carbons (Fsp3) is 0.259. The van der Waals surface area contributed by atoms with Crippen molar-refractivity contribution < 1.29 is 18.0 Å². The van der Waals surface area contributed by atoms with Gasteiger partial charge in [0, 0.05) is 25.0 Å².